The molecule has 1 amide bonds. The molecule has 1 N–H and O–H groups in total. The lowest BCUT2D eigenvalue weighted by molar-refractivity contribution is -0.117. The van der Waals surface area contributed by atoms with Gasteiger partial charge in [0.25, 0.3) is 0 Å². The van der Waals surface area contributed by atoms with Crippen molar-refractivity contribution in [1.29, 1.82) is 0 Å². The van der Waals surface area contributed by atoms with Crippen LogP contribution in [0.25, 0.3) is 0 Å². The van der Waals surface area contributed by atoms with Gasteiger partial charge >= 0.3 is 5.97 Å². The van der Waals surface area contributed by atoms with Crippen molar-refractivity contribution in [2.45, 2.75) is 32.2 Å². The van der Waals surface area contributed by atoms with Crippen LogP contribution in [-0.4, -0.2) is 68.3 Å². The number of piperazine rings is 1. The number of nitrogens with zero attached hydrogens (tertiary/aromatic N) is 2. The number of amides is 1. The highest BCUT2D eigenvalue weighted by Crippen LogP contribution is 2.38. The number of rotatable bonds is 6. The Bertz CT molecular complexity index is 1040. The predicted molar refractivity (Wildman–Crippen MR) is 125 cm³/mol. The zero-order chi connectivity index (χ0) is 22.8. The quantitative estimate of drug-likeness (QED) is 0.649. The molecule has 2 aromatic rings. The third-order valence-electron chi connectivity index (χ3n) is 6.49. The Morgan fingerprint density at radius 3 is 2.64 bits per heavy atom. The standard InChI is InChI=1S/C24H29N3O5S/c1-30-24(29)22-17-4-2-3-5-20(17)33-23(22)25-21(28)14-27-10-8-26(9-11-27)13-16-6-7-18-19(12-16)32-15-31-18/h6-7,12H,2-5,8-11,13-15H2,1H3,(H,25,28). The Morgan fingerprint density at radius 1 is 1.06 bits per heavy atom. The van der Waals surface area contributed by atoms with Gasteiger partial charge in [0.2, 0.25) is 12.7 Å². The molecule has 9 heteroatoms. The van der Waals surface area contributed by atoms with E-state index in [9.17, 15) is 9.59 Å². The summed E-state index contributed by atoms with van der Waals surface area (Å²) < 4.78 is 15.9. The van der Waals surface area contributed by atoms with Crippen molar-refractivity contribution in [3.63, 3.8) is 0 Å². The molecule has 0 saturated carbocycles. The van der Waals surface area contributed by atoms with Crippen LogP contribution in [0.5, 0.6) is 11.5 Å². The predicted octanol–water partition coefficient (Wildman–Crippen LogP) is 2.90. The van der Waals surface area contributed by atoms with E-state index in [1.54, 1.807) is 0 Å². The first kappa shape index (κ1) is 22.2. The number of carbonyl (C=O) groups excluding carboxylic acids is 2. The lowest BCUT2D eigenvalue weighted by Gasteiger charge is -2.34. The molecule has 0 spiro atoms. The van der Waals surface area contributed by atoms with Crippen molar-refractivity contribution >= 4 is 28.2 Å². The van der Waals surface area contributed by atoms with Gasteiger partial charge in [-0.1, -0.05) is 6.07 Å². The molecular weight excluding hydrogens is 442 g/mol. The van der Waals surface area contributed by atoms with Gasteiger partial charge in [0, 0.05) is 37.6 Å². The van der Waals surface area contributed by atoms with E-state index in [0.29, 0.717) is 17.1 Å². The molecule has 0 unspecified atom stereocenters. The number of hydrogen-bond acceptors (Lipinski definition) is 8. The highest BCUT2D eigenvalue weighted by Gasteiger charge is 2.27. The Kier molecular flexibility index (Phi) is 6.52. The fourth-order valence-electron chi connectivity index (χ4n) is 4.74. The van der Waals surface area contributed by atoms with Crippen LogP contribution in [-0.2, 0) is 28.9 Å². The number of methoxy groups -OCH3 is 1. The van der Waals surface area contributed by atoms with Crippen LogP contribution in [0.3, 0.4) is 0 Å². The Balaban J connectivity index is 1.14. The maximum absolute atomic E-state index is 12.8. The zero-order valence-corrected chi connectivity index (χ0v) is 19.7. The van der Waals surface area contributed by atoms with Gasteiger partial charge in [0.05, 0.1) is 19.2 Å². The first-order valence-corrected chi connectivity index (χ1v) is 12.3. The number of carbonyl (C=O) groups is 2. The summed E-state index contributed by atoms with van der Waals surface area (Å²) in [6.07, 6.45) is 4.03. The zero-order valence-electron chi connectivity index (χ0n) is 18.9. The van der Waals surface area contributed by atoms with Crippen LogP contribution in [0, 0.1) is 0 Å². The summed E-state index contributed by atoms with van der Waals surface area (Å²) in [6.45, 7) is 4.88. The summed E-state index contributed by atoms with van der Waals surface area (Å²) in [6, 6.07) is 6.08. The summed E-state index contributed by atoms with van der Waals surface area (Å²) in [5.74, 6) is 1.17. The Hall–Kier alpha value is -2.62. The second-order valence-corrected chi connectivity index (χ2v) is 9.80. The summed E-state index contributed by atoms with van der Waals surface area (Å²) in [7, 11) is 1.39. The van der Waals surface area contributed by atoms with E-state index in [0.717, 1.165) is 75.5 Å². The van der Waals surface area contributed by atoms with Crippen LogP contribution in [0.4, 0.5) is 5.00 Å². The topological polar surface area (TPSA) is 80.3 Å². The highest BCUT2D eigenvalue weighted by molar-refractivity contribution is 7.17. The van der Waals surface area contributed by atoms with Gasteiger partial charge in [0.15, 0.2) is 11.5 Å². The molecule has 1 saturated heterocycles. The first-order valence-electron chi connectivity index (χ1n) is 11.5. The number of fused-ring (bicyclic) bond motifs is 2. The molecule has 2 aliphatic heterocycles. The summed E-state index contributed by atoms with van der Waals surface area (Å²) >= 11 is 1.53. The van der Waals surface area contributed by atoms with E-state index in [4.69, 9.17) is 14.2 Å². The molecule has 1 aromatic heterocycles. The molecule has 176 valence electrons. The number of aryl methyl sites for hydroxylation is 1. The van der Waals surface area contributed by atoms with Crippen LogP contribution in [0.2, 0.25) is 0 Å². The lowest BCUT2D eigenvalue weighted by atomic mass is 9.95. The molecule has 0 radical (unpaired) electrons. The molecule has 1 aliphatic carbocycles. The number of ether oxygens (including phenoxy) is 3. The molecule has 5 rings (SSSR count). The summed E-state index contributed by atoms with van der Waals surface area (Å²) in [4.78, 5) is 30.9. The largest absolute Gasteiger partial charge is 0.465 e. The van der Waals surface area contributed by atoms with Gasteiger partial charge in [-0.2, -0.15) is 0 Å². The van der Waals surface area contributed by atoms with Gasteiger partial charge in [-0.25, -0.2) is 4.79 Å². The van der Waals surface area contributed by atoms with Crippen LogP contribution in [0.1, 0.15) is 39.2 Å². The summed E-state index contributed by atoms with van der Waals surface area (Å²) in [5, 5.41) is 3.64. The van der Waals surface area contributed by atoms with E-state index < -0.39 is 0 Å². The third kappa shape index (κ3) is 4.85. The Morgan fingerprint density at radius 2 is 1.82 bits per heavy atom. The molecule has 33 heavy (non-hydrogen) atoms. The normalized spacial score (nSPS) is 18.1. The second kappa shape index (κ2) is 9.70. The number of thiophene rings is 1. The van der Waals surface area contributed by atoms with Crippen molar-refractivity contribution in [3.8, 4) is 11.5 Å². The molecule has 3 heterocycles. The van der Waals surface area contributed by atoms with Crippen molar-refractivity contribution in [3.05, 3.63) is 39.8 Å². The van der Waals surface area contributed by atoms with E-state index in [1.165, 1.54) is 28.9 Å². The van der Waals surface area contributed by atoms with E-state index in [1.807, 2.05) is 12.1 Å². The van der Waals surface area contributed by atoms with Crippen molar-refractivity contribution in [1.82, 2.24) is 9.80 Å². The number of nitrogens with one attached hydrogen (secondary N) is 1. The minimum absolute atomic E-state index is 0.0806. The molecule has 1 fully saturated rings. The summed E-state index contributed by atoms with van der Waals surface area (Å²) in [5.41, 5.74) is 2.81. The second-order valence-electron chi connectivity index (χ2n) is 8.69. The number of anilines is 1. The van der Waals surface area contributed by atoms with Gasteiger partial charge in [-0.3, -0.25) is 14.6 Å². The van der Waals surface area contributed by atoms with Crippen molar-refractivity contribution in [2.75, 3.05) is 51.9 Å². The van der Waals surface area contributed by atoms with E-state index >= 15 is 0 Å². The van der Waals surface area contributed by atoms with Crippen LogP contribution in [0.15, 0.2) is 18.2 Å². The SMILES string of the molecule is COC(=O)c1c(NC(=O)CN2CCN(Cc3ccc4c(c3)OCO4)CC2)sc2c1CCCC2. The fourth-order valence-corrected chi connectivity index (χ4v) is 6.04. The smallest absolute Gasteiger partial charge is 0.341 e. The molecule has 0 bridgehead atoms. The average Bonchev–Trinajstić information content (AvgIpc) is 3.43. The average molecular weight is 472 g/mol. The van der Waals surface area contributed by atoms with Gasteiger partial charge in [0.1, 0.15) is 5.00 Å². The van der Waals surface area contributed by atoms with Gasteiger partial charge < -0.3 is 19.5 Å². The van der Waals surface area contributed by atoms with Crippen LogP contribution >= 0.6 is 11.3 Å². The van der Waals surface area contributed by atoms with E-state index in [-0.39, 0.29) is 18.7 Å². The van der Waals surface area contributed by atoms with Gasteiger partial charge in [-0.15, -0.1) is 11.3 Å². The Labute approximate surface area is 197 Å². The van der Waals surface area contributed by atoms with Crippen LogP contribution < -0.4 is 14.8 Å². The third-order valence-corrected chi connectivity index (χ3v) is 7.70. The first-order chi connectivity index (χ1) is 16.1. The molecule has 8 nitrogen and oxygen atoms in total. The molecule has 0 atom stereocenters. The number of esters is 1. The highest BCUT2D eigenvalue weighted by atomic mass is 32.1. The number of benzene rings is 1. The van der Waals surface area contributed by atoms with Crippen molar-refractivity contribution < 1.29 is 23.8 Å². The molecule has 3 aliphatic rings. The number of hydrogen-bond donors (Lipinski definition) is 1. The fraction of sp³-hybridized carbons (Fsp3) is 0.500. The maximum Gasteiger partial charge on any atom is 0.341 e. The van der Waals surface area contributed by atoms with E-state index in [2.05, 4.69) is 21.2 Å². The minimum Gasteiger partial charge on any atom is -0.465 e. The molecular formula is C24H29N3O5S. The monoisotopic (exact) mass is 471 g/mol. The minimum atomic E-state index is -0.359. The maximum atomic E-state index is 12.8. The molecule has 1 aromatic carbocycles. The van der Waals surface area contributed by atoms with Gasteiger partial charge in [-0.05, 0) is 48.9 Å². The lowest BCUT2D eigenvalue weighted by Crippen LogP contribution is -2.48. The van der Waals surface area contributed by atoms with Crippen molar-refractivity contribution in [2.24, 2.45) is 0 Å².